The fourth-order valence-corrected chi connectivity index (χ4v) is 2.28. The lowest BCUT2D eigenvalue weighted by Gasteiger charge is -2.24. The molecule has 0 saturated heterocycles. The van der Waals surface area contributed by atoms with E-state index < -0.39 is 5.54 Å². The highest BCUT2D eigenvalue weighted by molar-refractivity contribution is 5.86. The van der Waals surface area contributed by atoms with E-state index in [1.807, 2.05) is 0 Å². The highest BCUT2D eigenvalue weighted by Gasteiger charge is 2.36. The molecule has 0 radical (unpaired) electrons. The van der Waals surface area contributed by atoms with Crippen molar-refractivity contribution < 1.29 is 9.90 Å². The summed E-state index contributed by atoms with van der Waals surface area (Å²) >= 11 is 0. The summed E-state index contributed by atoms with van der Waals surface area (Å²) in [6.45, 7) is 2.89. The van der Waals surface area contributed by atoms with Gasteiger partial charge in [-0.2, -0.15) is 0 Å². The molecule has 0 bridgehead atoms. The van der Waals surface area contributed by atoms with Crippen LogP contribution in [0.1, 0.15) is 45.4 Å². The van der Waals surface area contributed by atoms with Crippen LogP contribution in [0, 0.1) is 5.92 Å². The van der Waals surface area contributed by atoms with Crippen molar-refractivity contribution >= 4 is 18.3 Å². The molecular formula is C12H25ClN2O2. The minimum Gasteiger partial charge on any atom is -0.396 e. The SMILES string of the molecule is CCC(CCO)CNC(=O)C1(N)CCCC1.Cl. The average molecular weight is 265 g/mol. The number of nitrogens with two attached hydrogens (primary N) is 1. The summed E-state index contributed by atoms with van der Waals surface area (Å²) in [5, 5.41) is 11.8. The lowest BCUT2D eigenvalue weighted by molar-refractivity contribution is -0.126. The van der Waals surface area contributed by atoms with E-state index in [1.165, 1.54) is 0 Å². The van der Waals surface area contributed by atoms with Crippen molar-refractivity contribution in [1.82, 2.24) is 5.32 Å². The number of aliphatic hydroxyl groups excluding tert-OH is 1. The molecule has 0 aromatic heterocycles. The molecule has 1 unspecified atom stereocenters. The van der Waals surface area contributed by atoms with E-state index in [4.69, 9.17) is 10.8 Å². The summed E-state index contributed by atoms with van der Waals surface area (Å²) in [7, 11) is 0. The second kappa shape index (κ2) is 7.90. The zero-order chi connectivity index (χ0) is 12.0. The maximum Gasteiger partial charge on any atom is 0.240 e. The van der Waals surface area contributed by atoms with Gasteiger partial charge in [0.05, 0.1) is 5.54 Å². The first kappa shape index (κ1) is 16.7. The minimum absolute atomic E-state index is 0. The number of halogens is 1. The van der Waals surface area contributed by atoms with Crippen LogP contribution in [0.25, 0.3) is 0 Å². The quantitative estimate of drug-likeness (QED) is 0.675. The zero-order valence-corrected chi connectivity index (χ0v) is 11.4. The van der Waals surface area contributed by atoms with Gasteiger partial charge in [0, 0.05) is 13.2 Å². The molecule has 0 aliphatic heterocycles. The van der Waals surface area contributed by atoms with Gasteiger partial charge < -0.3 is 16.2 Å². The monoisotopic (exact) mass is 264 g/mol. The Morgan fingerprint density at radius 3 is 2.53 bits per heavy atom. The highest BCUT2D eigenvalue weighted by Crippen LogP contribution is 2.27. The van der Waals surface area contributed by atoms with Crippen molar-refractivity contribution in [3.05, 3.63) is 0 Å². The van der Waals surface area contributed by atoms with Gasteiger partial charge in [0.15, 0.2) is 0 Å². The second-order valence-corrected chi connectivity index (χ2v) is 4.86. The third-order valence-corrected chi connectivity index (χ3v) is 3.61. The maximum absolute atomic E-state index is 11.9. The number of aliphatic hydroxyl groups is 1. The predicted octanol–water partition coefficient (Wildman–Crippen LogP) is 1.20. The van der Waals surface area contributed by atoms with E-state index in [0.29, 0.717) is 12.5 Å². The number of hydrogen-bond acceptors (Lipinski definition) is 3. The van der Waals surface area contributed by atoms with E-state index >= 15 is 0 Å². The molecule has 5 heteroatoms. The van der Waals surface area contributed by atoms with Gasteiger partial charge in [-0.3, -0.25) is 4.79 Å². The van der Waals surface area contributed by atoms with Gasteiger partial charge in [0.2, 0.25) is 5.91 Å². The molecular weight excluding hydrogens is 240 g/mol. The van der Waals surface area contributed by atoms with E-state index in [9.17, 15) is 4.79 Å². The fourth-order valence-electron chi connectivity index (χ4n) is 2.28. The summed E-state index contributed by atoms with van der Waals surface area (Å²) in [4.78, 5) is 11.9. The summed E-state index contributed by atoms with van der Waals surface area (Å²) in [6, 6.07) is 0. The molecule has 1 amide bonds. The highest BCUT2D eigenvalue weighted by atomic mass is 35.5. The number of nitrogens with one attached hydrogen (secondary N) is 1. The van der Waals surface area contributed by atoms with Crippen molar-refractivity contribution in [2.75, 3.05) is 13.2 Å². The Labute approximate surface area is 110 Å². The molecule has 1 atom stereocenters. The molecule has 4 nitrogen and oxygen atoms in total. The minimum atomic E-state index is -0.627. The average Bonchev–Trinajstić information content (AvgIpc) is 2.72. The van der Waals surface area contributed by atoms with Gasteiger partial charge in [0.1, 0.15) is 0 Å². The van der Waals surface area contributed by atoms with E-state index in [2.05, 4.69) is 12.2 Å². The van der Waals surface area contributed by atoms with Crippen LogP contribution in [0.4, 0.5) is 0 Å². The summed E-state index contributed by atoms with van der Waals surface area (Å²) in [5.74, 6) is 0.348. The summed E-state index contributed by atoms with van der Waals surface area (Å²) in [5.41, 5.74) is 5.42. The van der Waals surface area contributed by atoms with Gasteiger partial charge in [0.25, 0.3) is 0 Å². The summed E-state index contributed by atoms with van der Waals surface area (Å²) < 4.78 is 0. The van der Waals surface area contributed by atoms with Gasteiger partial charge in [-0.1, -0.05) is 26.2 Å². The van der Waals surface area contributed by atoms with Gasteiger partial charge in [-0.15, -0.1) is 12.4 Å². The van der Waals surface area contributed by atoms with E-state index in [-0.39, 0.29) is 24.9 Å². The summed E-state index contributed by atoms with van der Waals surface area (Å²) in [6.07, 6.45) is 5.42. The van der Waals surface area contributed by atoms with E-state index in [1.54, 1.807) is 0 Å². The number of hydrogen-bond donors (Lipinski definition) is 3. The molecule has 4 N–H and O–H groups in total. The Balaban J connectivity index is 0.00000256. The molecule has 0 spiro atoms. The van der Waals surface area contributed by atoms with Crippen molar-refractivity contribution in [3.63, 3.8) is 0 Å². The van der Waals surface area contributed by atoms with Crippen LogP contribution in [0.3, 0.4) is 0 Å². The lowest BCUT2D eigenvalue weighted by atomic mass is 9.97. The van der Waals surface area contributed by atoms with Crippen LogP contribution in [0.2, 0.25) is 0 Å². The number of carbonyl (C=O) groups is 1. The third-order valence-electron chi connectivity index (χ3n) is 3.61. The molecule has 1 aliphatic rings. The van der Waals surface area contributed by atoms with Crippen LogP contribution in [0.15, 0.2) is 0 Å². The topological polar surface area (TPSA) is 75.3 Å². The van der Waals surface area contributed by atoms with Gasteiger partial charge >= 0.3 is 0 Å². The Morgan fingerprint density at radius 1 is 1.47 bits per heavy atom. The van der Waals surface area contributed by atoms with Crippen LogP contribution in [-0.2, 0) is 4.79 Å². The van der Waals surface area contributed by atoms with Crippen molar-refractivity contribution in [3.8, 4) is 0 Å². The van der Waals surface area contributed by atoms with Gasteiger partial charge in [-0.25, -0.2) is 0 Å². The molecule has 0 aromatic carbocycles. The smallest absolute Gasteiger partial charge is 0.240 e. The molecule has 0 heterocycles. The number of rotatable bonds is 6. The normalized spacial score (nSPS) is 19.5. The second-order valence-electron chi connectivity index (χ2n) is 4.86. The Bertz CT molecular complexity index is 231. The van der Waals surface area contributed by atoms with Crippen molar-refractivity contribution in [2.45, 2.75) is 51.0 Å². The molecule has 1 fully saturated rings. The van der Waals surface area contributed by atoms with Crippen molar-refractivity contribution in [1.29, 1.82) is 0 Å². The van der Waals surface area contributed by atoms with Crippen LogP contribution < -0.4 is 11.1 Å². The van der Waals surface area contributed by atoms with Crippen LogP contribution in [0.5, 0.6) is 0 Å². The standard InChI is InChI=1S/C12H24N2O2.ClH/c1-2-10(5-8-15)9-14-11(16)12(13)6-3-4-7-12;/h10,15H,2-9,13H2,1H3,(H,14,16);1H. The number of amides is 1. The zero-order valence-electron chi connectivity index (χ0n) is 10.6. The molecule has 1 rings (SSSR count). The van der Waals surface area contributed by atoms with Crippen LogP contribution in [-0.4, -0.2) is 29.7 Å². The van der Waals surface area contributed by atoms with Crippen LogP contribution >= 0.6 is 12.4 Å². The first-order chi connectivity index (χ1) is 7.62. The molecule has 0 aromatic rings. The predicted molar refractivity (Wildman–Crippen MR) is 71.1 cm³/mol. The molecule has 17 heavy (non-hydrogen) atoms. The fraction of sp³-hybridized carbons (Fsp3) is 0.917. The maximum atomic E-state index is 11.9. The van der Waals surface area contributed by atoms with Crippen molar-refractivity contribution in [2.24, 2.45) is 11.7 Å². The first-order valence-corrected chi connectivity index (χ1v) is 6.30. The molecule has 102 valence electrons. The lowest BCUT2D eigenvalue weighted by Crippen LogP contribution is -2.52. The Hall–Kier alpha value is -0.320. The Morgan fingerprint density at radius 2 is 2.06 bits per heavy atom. The first-order valence-electron chi connectivity index (χ1n) is 6.30. The molecule has 1 saturated carbocycles. The number of carbonyl (C=O) groups excluding carboxylic acids is 1. The Kier molecular flexibility index (Phi) is 7.75. The third kappa shape index (κ3) is 4.82. The largest absolute Gasteiger partial charge is 0.396 e. The van der Waals surface area contributed by atoms with Gasteiger partial charge in [-0.05, 0) is 25.2 Å². The van der Waals surface area contributed by atoms with E-state index in [0.717, 1.165) is 38.5 Å². The molecule has 1 aliphatic carbocycles.